The summed E-state index contributed by atoms with van der Waals surface area (Å²) in [6.45, 7) is 4.77. The van der Waals surface area contributed by atoms with Crippen molar-refractivity contribution < 1.29 is 4.74 Å². The number of tetrazole rings is 1. The van der Waals surface area contributed by atoms with Gasteiger partial charge in [-0.05, 0) is 79.4 Å². The first-order valence-corrected chi connectivity index (χ1v) is 13.1. The Hall–Kier alpha value is -3.68. The molecule has 186 valence electrons. The first-order valence-electron chi connectivity index (χ1n) is 13.1. The van der Waals surface area contributed by atoms with Crippen LogP contribution >= 0.6 is 0 Å². The molecule has 6 rings (SSSR count). The smallest absolute Gasteiger partial charge is 0.254 e. The Bertz CT molecular complexity index is 1440. The molecule has 2 aromatic carbocycles. The average molecular weight is 485 g/mol. The molecule has 4 aromatic rings. The molecule has 3 heterocycles. The van der Waals surface area contributed by atoms with Crippen LogP contribution in [0.5, 0.6) is 5.75 Å². The molecule has 0 radical (unpaired) electrons. The van der Waals surface area contributed by atoms with Crippen LogP contribution in [0.3, 0.4) is 0 Å². The highest BCUT2D eigenvalue weighted by atomic mass is 16.5. The molecule has 36 heavy (non-hydrogen) atoms. The van der Waals surface area contributed by atoms with Gasteiger partial charge in [-0.15, -0.1) is 5.10 Å². The van der Waals surface area contributed by atoms with Crippen LogP contribution in [0.2, 0.25) is 0 Å². The molecule has 0 saturated heterocycles. The second kappa shape index (κ2) is 9.41. The van der Waals surface area contributed by atoms with Crippen molar-refractivity contribution in [3.8, 4) is 5.75 Å². The van der Waals surface area contributed by atoms with E-state index >= 15 is 0 Å². The predicted molar refractivity (Wildman–Crippen MR) is 140 cm³/mol. The van der Waals surface area contributed by atoms with E-state index in [-0.39, 0.29) is 17.6 Å². The van der Waals surface area contributed by atoms with Crippen molar-refractivity contribution in [2.45, 2.75) is 70.5 Å². The van der Waals surface area contributed by atoms with E-state index < -0.39 is 6.04 Å². The van der Waals surface area contributed by atoms with E-state index in [1.54, 1.807) is 0 Å². The highest BCUT2D eigenvalue weighted by Crippen LogP contribution is 2.42. The quantitative estimate of drug-likeness (QED) is 0.416. The molecular formula is C28H32N6O2. The maximum Gasteiger partial charge on any atom is 0.254 e. The minimum absolute atomic E-state index is 0.119. The molecule has 1 saturated carbocycles. The summed E-state index contributed by atoms with van der Waals surface area (Å²) in [4.78, 5) is 19.1. The SMILES string of the molecule is CCOc1ccc2[nH]c(=O)c([C@H](c3nnnn3C3CCCCC3)N3c4ccccc4C[C@@H]3C)cc2c1. The van der Waals surface area contributed by atoms with Crippen LogP contribution in [0, 0.1) is 0 Å². The second-order valence-electron chi connectivity index (χ2n) is 10.0. The van der Waals surface area contributed by atoms with Crippen LogP contribution in [-0.2, 0) is 6.42 Å². The summed E-state index contributed by atoms with van der Waals surface area (Å²) in [7, 11) is 0. The van der Waals surface area contributed by atoms with E-state index in [0.29, 0.717) is 12.2 Å². The first kappa shape index (κ1) is 22.8. The summed E-state index contributed by atoms with van der Waals surface area (Å²) in [6.07, 6.45) is 6.63. The van der Waals surface area contributed by atoms with Crippen LogP contribution in [0.15, 0.2) is 53.3 Å². The fourth-order valence-corrected chi connectivity index (χ4v) is 6.02. The Morgan fingerprint density at radius 3 is 2.78 bits per heavy atom. The van der Waals surface area contributed by atoms with Gasteiger partial charge >= 0.3 is 0 Å². The van der Waals surface area contributed by atoms with Gasteiger partial charge in [-0.1, -0.05) is 37.5 Å². The van der Waals surface area contributed by atoms with E-state index in [4.69, 9.17) is 4.74 Å². The van der Waals surface area contributed by atoms with Gasteiger partial charge in [0.05, 0.1) is 12.6 Å². The molecule has 1 aliphatic heterocycles. The number of nitrogens with zero attached hydrogens (tertiary/aromatic N) is 5. The van der Waals surface area contributed by atoms with Crippen molar-refractivity contribution in [3.63, 3.8) is 0 Å². The molecule has 0 unspecified atom stereocenters. The van der Waals surface area contributed by atoms with Crippen molar-refractivity contribution in [1.82, 2.24) is 25.2 Å². The standard InChI is InChI=1S/C28H32N6O2/c1-3-36-22-13-14-24-20(16-22)17-23(28(35)29-24)26(33-18(2)15-19-9-7-8-12-25(19)33)27-30-31-32-34(27)21-10-5-4-6-11-21/h7-9,12-14,16-18,21,26H,3-6,10-11,15H2,1-2H3,(H,29,35)/t18-,26+/m0/s1. The predicted octanol–water partition coefficient (Wildman–Crippen LogP) is 4.96. The topological polar surface area (TPSA) is 88.9 Å². The molecule has 0 spiro atoms. The minimum atomic E-state index is -0.413. The Balaban J connectivity index is 1.55. The molecule has 1 fully saturated rings. The Labute approximate surface area is 210 Å². The largest absolute Gasteiger partial charge is 0.494 e. The van der Waals surface area contributed by atoms with E-state index in [1.807, 2.05) is 35.9 Å². The van der Waals surface area contributed by atoms with Crippen LogP contribution in [0.25, 0.3) is 10.9 Å². The number of anilines is 1. The van der Waals surface area contributed by atoms with Crippen molar-refractivity contribution in [1.29, 1.82) is 0 Å². The minimum Gasteiger partial charge on any atom is -0.494 e. The first-order chi connectivity index (χ1) is 17.6. The lowest BCUT2D eigenvalue weighted by Gasteiger charge is -2.34. The summed E-state index contributed by atoms with van der Waals surface area (Å²) in [5.41, 5.74) is 3.73. The van der Waals surface area contributed by atoms with Gasteiger partial charge in [0, 0.05) is 28.2 Å². The molecule has 8 heteroatoms. The number of rotatable bonds is 6. The molecule has 0 bridgehead atoms. The molecule has 2 aromatic heterocycles. The molecule has 2 atom stereocenters. The van der Waals surface area contributed by atoms with Crippen molar-refractivity contribution in [2.75, 3.05) is 11.5 Å². The third-order valence-electron chi connectivity index (χ3n) is 7.67. The third-order valence-corrected chi connectivity index (χ3v) is 7.67. The van der Waals surface area contributed by atoms with Crippen LogP contribution < -0.4 is 15.2 Å². The lowest BCUT2D eigenvalue weighted by atomic mass is 9.95. The van der Waals surface area contributed by atoms with Gasteiger partial charge in [0.2, 0.25) is 0 Å². The van der Waals surface area contributed by atoms with Crippen molar-refractivity contribution >= 4 is 16.6 Å². The van der Waals surface area contributed by atoms with Gasteiger partial charge in [-0.25, -0.2) is 4.68 Å². The number of benzene rings is 2. The van der Waals surface area contributed by atoms with E-state index in [0.717, 1.165) is 47.4 Å². The highest BCUT2D eigenvalue weighted by Gasteiger charge is 2.38. The van der Waals surface area contributed by atoms with Crippen molar-refractivity contribution in [3.05, 3.63) is 75.8 Å². The highest BCUT2D eigenvalue weighted by molar-refractivity contribution is 5.81. The maximum absolute atomic E-state index is 13.7. The van der Waals surface area contributed by atoms with Gasteiger partial charge < -0.3 is 14.6 Å². The molecule has 1 N–H and O–H groups in total. The summed E-state index contributed by atoms with van der Waals surface area (Å²) in [5.74, 6) is 1.52. The normalized spacial score (nSPS) is 18.9. The number of H-pyrrole nitrogens is 1. The fourth-order valence-electron chi connectivity index (χ4n) is 6.02. The van der Waals surface area contributed by atoms with Gasteiger partial charge in [0.25, 0.3) is 5.56 Å². The number of aromatic nitrogens is 5. The zero-order valence-corrected chi connectivity index (χ0v) is 20.9. The number of nitrogens with one attached hydrogen (secondary N) is 1. The summed E-state index contributed by atoms with van der Waals surface area (Å²) >= 11 is 0. The van der Waals surface area contributed by atoms with Gasteiger partial charge in [0.1, 0.15) is 11.8 Å². The van der Waals surface area contributed by atoms with E-state index in [2.05, 4.69) is 56.6 Å². The zero-order chi connectivity index (χ0) is 24.6. The average Bonchev–Trinajstić information content (AvgIpc) is 3.50. The lowest BCUT2D eigenvalue weighted by Crippen LogP contribution is -2.39. The van der Waals surface area contributed by atoms with Gasteiger partial charge in [-0.3, -0.25) is 4.79 Å². The molecule has 8 nitrogen and oxygen atoms in total. The molecular weight excluding hydrogens is 452 g/mol. The number of para-hydroxylation sites is 1. The van der Waals surface area contributed by atoms with E-state index in [9.17, 15) is 4.79 Å². The summed E-state index contributed by atoms with van der Waals surface area (Å²) in [6, 6.07) is 16.3. The Kier molecular flexibility index (Phi) is 5.95. The molecule has 0 amide bonds. The van der Waals surface area contributed by atoms with Crippen LogP contribution in [0.4, 0.5) is 5.69 Å². The zero-order valence-electron chi connectivity index (χ0n) is 20.9. The fraction of sp³-hybridized carbons (Fsp3) is 0.429. The van der Waals surface area contributed by atoms with E-state index in [1.165, 1.54) is 24.8 Å². The monoisotopic (exact) mass is 484 g/mol. The van der Waals surface area contributed by atoms with Gasteiger partial charge in [0.15, 0.2) is 5.82 Å². The summed E-state index contributed by atoms with van der Waals surface area (Å²) < 4.78 is 7.74. The number of hydrogen-bond donors (Lipinski definition) is 1. The number of ether oxygens (including phenoxy) is 1. The van der Waals surface area contributed by atoms with Crippen LogP contribution in [0.1, 0.15) is 75.0 Å². The number of hydrogen-bond acceptors (Lipinski definition) is 6. The summed E-state index contributed by atoms with van der Waals surface area (Å²) in [5, 5.41) is 14.1. The lowest BCUT2D eigenvalue weighted by molar-refractivity contribution is 0.312. The van der Waals surface area contributed by atoms with Crippen molar-refractivity contribution in [2.24, 2.45) is 0 Å². The second-order valence-corrected chi connectivity index (χ2v) is 10.0. The number of aromatic amines is 1. The third kappa shape index (κ3) is 3.94. The molecule has 2 aliphatic rings. The Morgan fingerprint density at radius 2 is 1.94 bits per heavy atom. The number of pyridine rings is 1. The number of fused-ring (bicyclic) bond motifs is 2. The maximum atomic E-state index is 13.7. The van der Waals surface area contributed by atoms with Gasteiger partial charge in [-0.2, -0.15) is 0 Å². The molecule has 1 aliphatic carbocycles. The Morgan fingerprint density at radius 1 is 1.11 bits per heavy atom. The van der Waals surface area contributed by atoms with Crippen LogP contribution in [-0.4, -0.2) is 37.8 Å².